The van der Waals surface area contributed by atoms with Crippen molar-refractivity contribution in [1.82, 2.24) is 25.1 Å². The monoisotopic (exact) mass is 341 g/mol. The summed E-state index contributed by atoms with van der Waals surface area (Å²) in [6.07, 6.45) is 0.973. The van der Waals surface area contributed by atoms with Crippen molar-refractivity contribution >= 4 is 16.9 Å². The molecular weight excluding hydrogens is 314 g/mol. The van der Waals surface area contributed by atoms with E-state index in [4.69, 9.17) is 0 Å². The van der Waals surface area contributed by atoms with Gasteiger partial charge in [-0.2, -0.15) is 0 Å². The third-order valence-electron chi connectivity index (χ3n) is 4.87. The van der Waals surface area contributed by atoms with Gasteiger partial charge in [-0.05, 0) is 52.1 Å². The summed E-state index contributed by atoms with van der Waals surface area (Å²) in [6, 6.07) is 5.51. The number of aryl methyl sites for hydroxylation is 2. The molecule has 1 saturated heterocycles. The predicted molar refractivity (Wildman–Crippen MR) is 99.9 cm³/mol. The summed E-state index contributed by atoms with van der Waals surface area (Å²) in [4.78, 5) is 26.2. The molecule has 25 heavy (non-hydrogen) atoms. The lowest BCUT2D eigenvalue weighted by Crippen LogP contribution is -2.45. The second kappa shape index (κ2) is 7.89. The largest absolute Gasteiger partial charge is 0.352 e. The van der Waals surface area contributed by atoms with Gasteiger partial charge >= 0.3 is 0 Å². The van der Waals surface area contributed by atoms with Gasteiger partial charge in [0.25, 0.3) is 5.91 Å². The normalized spacial score (nSPS) is 16.3. The van der Waals surface area contributed by atoms with Gasteiger partial charge in [0.2, 0.25) is 0 Å². The molecule has 0 atom stereocenters. The molecule has 0 aliphatic carbocycles. The van der Waals surface area contributed by atoms with Crippen LogP contribution in [-0.2, 0) is 0 Å². The van der Waals surface area contributed by atoms with Crippen LogP contribution in [0.5, 0.6) is 0 Å². The zero-order valence-corrected chi connectivity index (χ0v) is 15.4. The van der Waals surface area contributed by atoms with E-state index in [0.717, 1.165) is 61.6 Å². The summed E-state index contributed by atoms with van der Waals surface area (Å²) in [5.41, 5.74) is 4.07. The maximum atomic E-state index is 12.4. The Hall–Kier alpha value is -2.05. The molecule has 1 aliphatic rings. The summed E-state index contributed by atoms with van der Waals surface area (Å²) < 4.78 is 0. The molecule has 134 valence electrons. The van der Waals surface area contributed by atoms with E-state index in [2.05, 4.69) is 32.1 Å². The number of benzene rings is 1. The van der Waals surface area contributed by atoms with E-state index in [9.17, 15) is 4.79 Å². The molecule has 1 fully saturated rings. The molecular formula is C19H27N5O. The Morgan fingerprint density at radius 3 is 2.48 bits per heavy atom. The van der Waals surface area contributed by atoms with Gasteiger partial charge in [0, 0.05) is 38.3 Å². The highest BCUT2D eigenvalue weighted by atomic mass is 16.1. The van der Waals surface area contributed by atoms with Crippen LogP contribution in [0.3, 0.4) is 0 Å². The molecule has 2 heterocycles. The maximum Gasteiger partial charge on any atom is 0.251 e. The second-order valence-corrected chi connectivity index (χ2v) is 6.85. The van der Waals surface area contributed by atoms with E-state index in [1.807, 2.05) is 32.0 Å². The fourth-order valence-electron chi connectivity index (χ4n) is 3.05. The SMILES string of the molecule is Cc1nc2ccc(C(=O)NCCCN3CCN(C)CC3)cc2nc1C. The summed E-state index contributed by atoms with van der Waals surface area (Å²) in [5, 5.41) is 3.01. The summed E-state index contributed by atoms with van der Waals surface area (Å²) >= 11 is 0. The van der Waals surface area contributed by atoms with Crippen LogP contribution in [-0.4, -0.2) is 72.0 Å². The van der Waals surface area contributed by atoms with Gasteiger partial charge < -0.3 is 15.1 Å². The van der Waals surface area contributed by atoms with E-state index in [1.165, 1.54) is 0 Å². The number of aromatic nitrogens is 2. The van der Waals surface area contributed by atoms with Gasteiger partial charge in [-0.15, -0.1) is 0 Å². The smallest absolute Gasteiger partial charge is 0.251 e. The second-order valence-electron chi connectivity index (χ2n) is 6.85. The van der Waals surface area contributed by atoms with Crippen LogP contribution in [0.25, 0.3) is 11.0 Å². The standard InChI is InChI=1S/C19H27N5O/c1-14-15(2)22-18-13-16(5-6-17(18)21-14)19(25)20-7-4-8-24-11-9-23(3)10-12-24/h5-6,13H,4,7-12H2,1-3H3,(H,20,25). The first kappa shape index (κ1) is 17.8. The van der Waals surface area contributed by atoms with Crippen molar-refractivity contribution in [2.45, 2.75) is 20.3 Å². The molecule has 3 rings (SSSR count). The first-order valence-corrected chi connectivity index (χ1v) is 8.97. The highest BCUT2D eigenvalue weighted by molar-refractivity contribution is 5.97. The van der Waals surface area contributed by atoms with Gasteiger partial charge in [-0.3, -0.25) is 4.79 Å². The number of likely N-dealkylation sites (N-methyl/N-ethyl adjacent to an activating group) is 1. The molecule has 6 heteroatoms. The van der Waals surface area contributed by atoms with Crippen molar-refractivity contribution in [1.29, 1.82) is 0 Å². The van der Waals surface area contributed by atoms with E-state index in [0.29, 0.717) is 12.1 Å². The number of carbonyl (C=O) groups is 1. The lowest BCUT2D eigenvalue weighted by atomic mass is 10.1. The molecule has 0 unspecified atom stereocenters. The van der Waals surface area contributed by atoms with Crippen LogP contribution in [0.4, 0.5) is 0 Å². The molecule has 1 amide bonds. The molecule has 6 nitrogen and oxygen atoms in total. The number of nitrogens with one attached hydrogen (secondary N) is 1. The molecule has 1 N–H and O–H groups in total. The zero-order valence-electron chi connectivity index (χ0n) is 15.4. The lowest BCUT2D eigenvalue weighted by Gasteiger charge is -2.32. The highest BCUT2D eigenvalue weighted by Gasteiger charge is 2.13. The topological polar surface area (TPSA) is 61.4 Å². The summed E-state index contributed by atoms with van der Waals surface area (Å²) in [5.74, 6) is -0.0414. The maximum absolute atomic E-state index is 12.4. The summed E-state index contributed by atoms with van der Waals surface area (Å²) in [6.45, 7) is 10.1. The average molecular weight is 341 g/mol. The Bertz CT molecular complexity index is 753. The van der Waals surface area contributed by atoms with Crippen LogP contribution < -0.4 is 5.32 Å². The quantitative estimate of drug-likeness (QED) is 0.838. The highest BCUT2D eigenvalue weighted by Crippen LogP contribution is 2.14. The minimum atomic E-state index is -0.0414. The number of piperazine rings is 1. The lowest BCUT2D eigenvalue weighted by molar-refractivity contribution is 0.0949. The number of amides is 1. The zero-order chi connectivity index (χ0) is 17.8. The van der Waals surface area contributed by atoms with Crippen LogP contribution >= 0.6 is 0 Å². The third kappa shape index (κ3) is 4.52. The van der Waals surface area contributed by atoms with Crippen molar-refractivity contribution in [2.24, 2.45) is 0 Å². The molecule has 0 spiro atoms. The van der Waals surface area contributed by atoms with Crippen molar-refractivity contribution < 1.29 is 4.79 Å². The van der Waals surface area contributed by atoms with E-state index in [1.54, 1.807) is 0 Å². The number of rotatable bonds is 5. The van der Waals surface area contributed by atoms with Crippen LogP contribution in [0, 0.1) is 13.8 Å². The molecule has 0 radical (unpaired) electrons. The fourth-order valence-corrected chi connectivity index (χ4v) is 3.05. The Morgan fingerprint density at radius 1 is 1.08 bits per heavy atom. The Balaban J connectivity index is 1.51. The molecule has 1 aliphatic heterocycles. The van der Waals surface area contributed by atoms with Crippen LogP contribution in [0.2, 0.25) is 0 Å². The molecule has 2 aromatic rings. The number of hydrogen-bond acceptors (Lipinski definition) is 5. The predicted octanol–water partition coefficient (Wildman–Crippen LogP) is 1.61. The van der Waals surface area contributed by atoms with Gasteiger partial charge in [0.05, 0.1) is 22.4 Å². The van der Waals surface area contributed by atoms with Gasteiger partial charge in [-0.25, -0.2) is 9.97 Å². The minimum Gasteiger partial charge on any atom is -0.352 e. The Morgan fingerprint density at radius 2 is 1.76 bits per heavy atom. The number of hydrogen-bond donors (Lipinski definition) is 1. The molecule has 1 aromatic heterocycles. The van der Waals surface area contributed by atoms with Crippen molar-refractivity contribution in [2.75, 3.05) is 46.3 Å². The molecule has 1 aromatic carbocycles. The van der Waals surface area contributed by atoms with Crippen LogP contribution in [0.1, 0.15) is 28.2 Å². The van der Waals surface area contributed by atoms with Crippen molar-refractivity contribution in [3.63, 3.8) is 0 Å². The van der Waals surface area contributed by atoms with Crippen molar-refractivity contribution in [3.8, 4) is 0 Å². The van der Waals surface area contributed by atoms with Crippen molar-refractivity contribution in [3.05, 3.63) is 35.2 Å². The Kier molecular flexibility index (Phi) is 5.60. The van der Waals surface area contributed by atoms with E-state index < -0.39 is 0 Å². The van der Waals surface area contributed by atoms with E-state index in [-0.39, 0.29) is 5.91 Å². The minimum absolute atomic E-state index is 0.0414. The summed E-state index contributed by atoms with van der Waals surface area (Å²) in [7, 11) is 2.16. The fraction of sp³-hybridized carbons (Fsp3) is 0.526. The van der Waals surface area contributed by atoms with Gasteiger partial charge in [0.15, 0.2) is 0 Å². The number of nitrogens with zero attached hydrogens (tertiary/aromatic N) is 4. The molecule has 0 bridgehead atoms. The number of fused-ring (bicyclic) bond motifs is 1. The van der Waals surface area contributed by atoms with Gasteiger partial charge in [-0.1, -0.05) is 0 Å². The van der Waals surface area contributed by atoms with Crippen LogP contribution in [0.15, 0.2) is 18.2 Å². The first-order valence-electron chi connectivity index (χ1n) is 8.97. The third-order valence-corrected chi connectivity index (χ3v) is 4.87. The number of carbonyl (C=O) groups excluding carboxylic acids is 1. The Labute approximate surface area is 149 Å². The van der Waals surface area contributed by atoms with Gasteiger partial charge in [0.1, 0.15) is 0 Å². The molecule has 0 saturated carbocycles. The first-order chi connectivity index (χ1) is 12.0. The average Bonchev–Trinajstić information content (AvgIpc) is 2.60. The van der Waals surface area contributed by atoms with E-state index >= 15 is 0 Å².